The third-order valence-corrected chi connectivity index (χ3v) is 3.05. The van der Waals surface area contributed by atoms with Crippen LogP contribution in [-0.4, -0.2) is 50.3 Å². The van der Waals surface area contributed by atoms with Crippen molar-refractivity contribution in [3.63, 3.8) is 0 Å². The average Bonchev–Trinajstić information content (AvgIpc) is 2.26. The summed E-state index contributed by atoms with van der Waals surface area (Å²) in [5, 5.41) is 3.52. The topological polar surface area (TPSA) is 24.5 Å². The van der Waals surface area contributed by atoms with Crippen LogP contribution in [0.25, 0.3) is 0 Å². The van der Waals surface area contributed by atoms with Gasteiger partial charge in [-0.1, -0.05) is 20.3 Å². The Kier molecular flexibility index (Phi) is 9.99. The third kappa shape index (κ3) is 6.46. The van der Waals surface area contributed by atoms with E-state index in [1.54, 1.807) is 7.11 Å². The van der Waals surface area contributed by atoms with Gasteiger partial charge >= 0.3 is 0 Å². The standard InChI is InChI=1S/C13H30N2O/c1-6-8-9-14-10-12(3)15(7-2)13(4)11-16-5/h12-14H,6-11H2,1-5H3. The average molecular weight is 230 g/mol. The molecule has 16 heavy (non-hydrogen) atoms. The number of ether oxygens (including phenoxy) is 1. The highest BCUT2D eigenvalue weighted by Gasteiger charge is 2.17. The zero-order chi connectivity index (χ0) is 12.4. The van der Waals surface area contributed by atoms with E-state index in [4.69, 9.17) is 4.74 Å². The Balaban J connectivity index is 3.85. The van der Waals surface area contributed by atoms with Crippen LogP contribution in [0.1, 0.15) is 40.5 Å². The molecule has 0 aliphatic carbocycles. The van der Waals surface area contributed by atoms with Crippen LogP contribution in [-0.2, 0) is 4.74 Å². The predicted molar refractivity (Wildman–Crippen MR) is 71.0 cm³/mol. The quantitative estimate of drug-likeness (QED) is 0.582. The molecular weight excluding hydrogens is 200 g/mol. The first-order chi connectivity index (χ1) is 7.67. The predicted octanol–water partition coefficient (Wildman–Crippen LogP) is 2.12. The molecule has 0 aliphatic heterocycles. The summed E-state index contributed by atoms with van der Waals surface area (Å²) in [6.45, 7) is 13.1. The van der Waals surface area contributed by atoms with Crippen LogP contribution in [0.2, 0.25) is 0 Å². The van der Waals surface area contributed by atoms with Gasteiger partial charge in [-0.3, -0.25) is 4.90 Å². The molecule has 0 saturated heterocycles. The summed E-state index contributed by atoms with van der Waals surface area (Å²) in [4.78, 5) is 2.49. The van der Waals surface area contributed by atoms with Crippen LogP contribution in [0.15, 0.2) is 0 Å². The van der Waals surface area contributed by atoms with Gasteiger partial charge in [0.25, 0.3) is 0 Å². The molecule has 3 heteroatoms. The number of likely N-dealkylation sites (N-methyl/N-ethyl adjacent to an activating group) is 1. The molecule has 0 amide bonds. The zero-order valence-electron chi connectivity index (χ0n) is 11.8. The monoisotopic (exact) mass is 230 g/mol. The molecule has 0 fully saturated rings. The van der Waals surface area contributed by atoms with Crippen molar-refractivity contribution in [1.82, 2.24) is 10.2 Å². The van der Waals surface area contributed by atoms with Gasteiger partial charge in [0.15, 0.2) is 0 Å². The number of unbranched alkanes of at least 4 members (excludes halogenated alkanes) is 1. The third-order valence-electron chi connectivity index (χ3n) is 3.05. The highest BCUT2D eigenvalue weighted by atomic mass is 16.5. The molecule has 0 aliphatic rings. The van der Waals surface area contributed by atoms with Gasteiger partial charge in [-0.05, 0) is 33.4 Å². The largest absolute Gasteiger partial charge is 0.383 e. The molecule has 2 unspecified atom stereocenters. The lowest BCUT2D eigenvalue weighted by atomic mass is 10.2. The molecule has 98 valence electrons. The van der Waals surface area contributed by atoms with Crippen molar-refractivity contribution in [3.05, 3.63) is 0 Å². The van der Waals surface area contributed by atoms with E-state index in [2.05, 4.69) is 37.9 Å². The maximum absolute atomic E-state index is 5.22. The van der Waals surface area contributed by atoms with Gasteiger partial charge in [-0.2, -0.15) is 0 Å². The number of hydrogen-bond acceptors (Lipinski definition) is 3. The molecule has 0 rings (SSSR count). The van der Waals surface area contributed by atoms with Gasteiger partial charge in [-0.15, -0.1) is 0 Å². The first kappa shape index (κ1) is 15.9. The van der Waals surface area contributed by atoms with Crippen molar-refractivity contribution in [2.24, 2.45) is 0 Å². The van der Waals surface area contributed by atoms with Gasteiger partial charge in [0.2, 0.25) is 0 Å². The second kappa shape index (κ2) is 10.1. The van der Waals surface area contributed by atoms with E-state index in [0.717, 1.165) is 26.2 Å². The Bertz CT molecular complexity index is 153. The minimum atomic E-state index is 0.498. The SMILES string of the molecule is CCCCNCC(C)N(CC)C(C)COC. The number of rotatable bonds is 10. The number of nitrogens with zero attached hydrogens (tertiary/aromatic N) is 1. The number of nitrogens with one attached hydrogen (secondary N) is 1. The summed E-state index contributed by atoms with van der Waals surface area (Å²) < 4.78 is 5.22. The van der Waals surface area contributed by atoms with Gasteiger partial charge in [0.05, 0.1) is 6.61 Å². The normalized spacial score (nSPS) is 15.4. The van der Waals surface area contributed by atoms with E-state index in [1.165, 1.54) is 12.8 Å². The molecule has 2 atom stereocenters. The van der Waals surface area contributed by atoms with Crippen molar-refractivity contribution >= 4 is 0 Å². The summed E-state index contributed by atoms with van der Waals surface area (Å²) in [6, 6.07) is 1.07. The molecule has 0 aromatic rings. The zero-order valence-corrected chi connectivity index (χ0v) is 11.8. The van der Waals surface area contributed by atoms with Gasteiger partial charge in [0, 0.05) is 25.7 Å². The Morgan fingerprint density at radius 2 is 1.88 bits per heavy atom. The first-order valence-electron chi connectivity index (χ1n) is 6.62. The van der Waals surface area contributed by atoms with E-state index in [1.807, 2.05) is 0 Å². The molecular formula is C13H30N2O. The molecule has 0 spiro atoms. The fourth-order valence-corrected chi connectivity index (χ4v) is 2.12. The molecule has 0 bridgehead atoms. The summed E-state index contributed by atoms with van der Waals surface area (Å²) >= 11 is 0. The van der Waals surface area contributed by atoms with Gasteiger partial charge < -0.3 is 10.1 Å². The Morgan fingerprint density at radius 1 is 1.19 bits per heavy atom. The number of hydrogen-bond donors (Lipinski definition) is 1. The van der Waals surface area contributed by atoms with E-state index < -0.39 is 0 Å². The molecule has 0 aromatic carbocycles. The molecule has 0 saturated carbocycles. The van der Waals surface area contributed by atoms with Gasteiger partial charge in [0.1, 0.15) is 0 Å². The molecule has 0 aromatic heterocycles. The van der Waals surface area contributed by atoms with Crippen molar-refractivity contribution < 1.29 is 4.74 Å². The fourth-order valence-electron chi connectivity index (χ4n) is 2.12. The minimum Gasteiger partial charge on any atom is -0.383 e. The van der Waals surface area contributed by atoms with E-state index >= 15 is 0 Å². The fraction of sp³-hybridized carbons (Fsp3) is 1.00. The second-order valence-electron chi connectivity index (χ2n) is 4.54. The lowest BCUT2D eigenvalue weighted by Crippen LogP contribution is -2.46. The molecule has 3 nitrogen and oxygen atoms in total. The van der Waals surface area contributed by atoms with Crippen molar-refractivity contribution in [1.29, 1.82) is 0 Å². The summed E-state index contributed by atoms with van der Waals surface area (Å²) in [6.07, 6.45) is 2.53. The Morgan fingerprint density at radius 3 is 2.38 bits per heavy atom. The van der Waals surface area contributed by atoms with Gasteiger partial charge in [-0.25, -0.2) is 0 Å². The van der Waals surface area contributed by atoms with Crippen molar-refractivity contribution in [2.45, 2.75) is 52.6 Å². The van der Waals surface area contributed by atoms with Crippen molar-refractivity contribution in [2.75, 3.05) is 33.4 Å². The summed E-state index contributed by atoms with van der Waals surface area (Å²) in [7, 11) is 1.77. The Labute approximate surface area is 102 Å². The molecule has 1 N–H and O–H groups in total. The van der Waals surface area contributed by atoms with Crippen LogP contribution in [0.3, 0.4) is 0 Å². The highest BCUT2D eigenvalue weighted by molar-refractivity contribution is 4.74. The molecule has 0 heterocycles. The van der Waals surface area contributed by atoms with E-state index in [9.17, 15) is 0 Å². The van der Waals surface area contributed by atoms with Crippen LogP contribution in [0, 0.1) is 0 Å². The van der Waals surface area contributed by atoms with E-state index in [0.29, 0.717) is 12.1 Å². The second-order valence-corrected chi connectivity index (χ2v) is 4.54. The van der Waals surface area contributed by atoms with E-state index in [-0.39, 0.29) is 0 Å². The Hall–Kier alpha value is -0.120. The lowest BCUT2D eigenvalue weighted by molar-refractivity contribution is 0.0781. The molecule has 0 radical (unpaired) electrons. The lowest BCUT2D eigenvalue weighted by Gasteiger charge is -2.33. The first-order valence-corrected chi connectivity index (χ1v) is 6.62. The van der Waals surface area contributed by atoms with Crippen LogP contribution >= 0.6 is 0 Å². The minimum absolute atomic E-state index is 0.498. The van der Waals surface area contributed by atoms with Crippen LogP contribution < -0.4 is 5.32 Å². The summed E-state index contributed by atoms with van der Waals surface area (Å²) in [5.74, 6) is 0. The highest BCUT2D eigenvalue weighted by Crippen LogP contribution is 2.05. The maximum atomic E-state index is 5.22. The van der Waals surface area contributed by atoms with Crippen LogP contribution in [0.5, 0.6) is 0 Å². The van der Waals surface area contributed by atoms with Crippen LogP contribution in [0.4, 0.5) is 0 Å². The maximum Gasteiger partial charge on any atom is 0.0615 e. The summed E-state index contributed by atoms with van der Waals surface area (Å²) in [5.41, 5.74) is 0. The smallest absolute Gasteiger partial charge is 0.0615 e. The van der Waals surface area contributed by atoms with Crippen molar-refractivity contribution in [3.8, 4) is 0 Å². The number of methoxy groups -OCH3 is 1.